The average Bonchev–Trinajstić information content (AvgIpc) is 2.90. The van der Waals surface area contributed by atoms with Gasteiger partial charge in [-0.2, -0.15) is 0 Å². The zero-order valence-electron chi connectivity index (χ0n) is 15.3. The van der Waals surface area contributed by atoms with E-state index in [1.165, 1.54) is 12.8 Å². The maximum absolute atomic E-state index is 13.2. The normalized spacial score (nSPS) is 22.5. The van der Waals surface area contributed by atoms with E-state index in [0.717, 1.165) is 24.2 Å². The van der Waals surface area contributed by atoms with Crippen LogP contribution in [0.15, 0.2) is 60.7 Å². The van der Waals surface area contributed by atoms with Gasteiger partial charge in [-0.25, -0.2) is 0 Å². The van der Waals surface area contributed by atoms with Crippen LogP contribution in [0.5, 0.6) is 0 Å². The molecule has 2 fully saturated rings. The number of nitrogens with zero attached hydrogens (tertiary/aromatic N) is 2. The fourth-order valence-electron chi connectivity index (χ4n) is 4.45. The van der Waals surface area contributed by atoms with Crippen molar-refractivity contribution < 1.29 is 4.79 Å². The Hall–Kier alpha value is -2.17. The third-order valence-electron chi connectivity index (χ3n) is 5.86. The number of fused-ring (bicyclic) bond motifs is 2. The Balaban J connectivity index is 1.56. The van der Waals surface area contributed by atoms with Gasteiger partial charge < -0.3 is 10.2 Å². The SMILES string of the molecule is CN(C(=O)CN1C2CCC1CNC2)C(c1ccccc1)c1ccccc1. The third kappa shape index (κ3) is 3.39. The highest BCUT2D eigenvalue weighted by atomic mass is 16.2. The van der Waals surface area contributed by atoms with Gasteiger partial charge >= 0.3 is 0 Å². The number of rotatable bonds is 5. The van der Waals surface area contributed by atoms with Crippen molar-refractivity contribution in [3.63, 3.8) is 0 Å². The van der Waals surface area contributed by atoms with Crippen LogP contribution >= 0.6 is 0 Å². The van der Waals surface area contributed by atoms with Crippen molar-refractivity contribution in [2.45, 2.75) is 31.0 Å². The van der Waals surface area contributed by atoms with E-state index in [0.29, 0.717) is 18.6 Å². The lowest BCUT2D eigenvalue weighted by molar-refractivity contribution is -0.133. The minimum absolute atomic E-state index is 0.0505. The van der Waals surface area contributed by atoms with Gasteiger partial charge in [0.1, 0.15) is 0 Å². The molecule has 2 bridgehead atoms. The predicted molar refractivity (Wildman–Crippen MR) is 104 cm³/mol. The van der Waals surface area contributed by atoms with Crippen LogP contribution in [-0.2, 0) is 4.79 Å². The van der Waals surface area contributed by atoms with Gasteiger partial charge in [0.2, 0.25) is 5.91 Å². The molecule has 136 valence electrons. The summed E-state index contributed by atoms with van der Waals surface area (Å²) in [5.74, 6) is 0.196. The summed E-state index contributed by atoms with van der Waals surface area (Å²) in [5.41, 5.74) is 2.30. The number of benzene rings is 2. The molecular weight excluding hydrogens is 322 g/mol. The Bertz CT molecular complexity index is 678. The third-order valence-corrected chi connectivity index (χ3v) is 5.86. The molecule has 4 rings (SSSR count). The molecule has 2 aromatic carbocycles. The number of hydrogen-bond donors (Lipinski definition) is 1. The monoisotopic (exact) mass is 349 g/mol. The highest BCUT2D eigenvalue weighted by Gasteiger charge is 2.38. The van der Waals surface area contributed by atoms with E-state index >= 15 is 0 Å². The molecule has 2 aliphatic heterocycles. The molecular formula is C22H27N3O. The molecule has 0 aromatic heterocycles. The maximum Gasteiger partial charge on any atom is 0.237 e. The highest BCUT2D eigenvalue weighted by molar-refractivity contribution is 5.79. The zero-order chi connectivity index (χ0) is 17.9. The summed E-state index contributed by atoms with van der Waals surface area (Å²) in [7, 11) is 1.94. The summed E-state index contributed by atoms with van der Waals surface area (Å²) >= 11 is 0. The largest absolute Gasteiger partial charge is 0.334 e. The molecule has 0 spiro atoms. The first-order chi connectivity index (χ1) is 12.7. The predicted octanol–water partition coefficient (Wildman–Crippen LogP) is 2.67. The molecule has 4 heteroatoms. The Morgan fingerprint density at radius 2 is 1.50 bits per heavy atom. The summed E-state index contributed by atoms with van der Waals surface area (Å²) in [6, 6.07) is 21.6. The van der Waals surface area contributed by atoms with Crippen molar-refractivity contribution in [2.75, 3.05) is 26.7 Å². The first-order valence-corrected chi connectivity index (χ1v) is 9.56. The Kier molecular flexibility index (Phi) is 5.05. The molecule has 4 nitrogen and oxygen atoms in total. The molecule has 2 atom stereocenters. The standard InChI is InChI=1S/C22H27N3O/c1-24(21(26)16-25-19-12-13-20(25)15-23-14-19)22(17-8-4-2-5-9-17)18-10-6-3-7-11-18/h2-11,19-20,22-23H,12-16H2,1H3. The van der Waals surface area contributed by atoms with Crippen LogP contribution in [0.4, 0.5) is 0 Å². The van der Waals surface area contributed by atoms with Crippen molar-refractivity contribution in [1.82, 2.24) is 15.1 Å². The fourth-order valence-corrected chi connectivity index (χ4v) is 4.45. The van der Waals surface area contributed by atoms with E-state index < -0.39 is 0 Å². The van der Waals surface area contributed by atoms with Gasteiger partial charge in [0.05, 0.1) is 12.6 Å². The molecule has 2 unspecified atom stereocenters. The summed E-state index contributed by atoms with van der Waals surface area (Å²) in [6.07, 6.45) is 2.41. The number of carbonyl (C=O) groups excluding carboxylic acids is 1. The molecule has 1 amide bonds. The second kappa shape index (κ2) is 7.60. The zero-order valence-corrected chi connectivity index (χ0v) is 15.3. The number of piperazine rings is 1. The number of likely N-dealkylation sites (N-methyl/N-ethyl adjacent to an activating group) is 1. The first kappa shape index (κ1) is 17.3. The van der Waals surface area contributed by atoms with Crippen LogP contribution in [-0.4, -0.2) is 54.5 Å². The second-order valence-corrected chi connectivity index (χ2v) is 7.44. The molecule has 1 N–H and O–H groups in total. The summed E-state index contributed by atoms with van der Waals surface area (Å²) < 4.78 is 0. The lowest BCUT2D eigenvalue weighted by Crippen LogP contribution is -2.54. The number of hydrogen-bond acceptors (Lipinski definition) is 3. The van der Waals surface area contributed by atoms with E-state index in [9.17, 15) is 4.79 Å². The smallest absolute Gasteiger partial charge is 0.237 e. The van der Waals surface area contributed by atoms with E-state index in [-0.39, 0.29) is 11.9 Å². The molecule has 2 saturated heterocycles. The Morgan fingerprint density at radius 1 is 1.00 bits per heavy atom. The number of carbonyl (C=O) groups is 1. The number of nitrogens with one attached hydrogen (secondary N) is 1. The van der Waals surface area contributed by atoms with Crippen LogP contribution in [0.3, 0.4) is 0 Å². The van der Waals surface area contributed by atoms with Gasteiger partial charge in [-0.3, -0.25) is 9.69 Å². The Morgan fingerprint density at radius 3 is 2.00 bits per heavy atom. The minimum atomic E-state index is -0.0505. The highest BCUT2D eigenvalue weighted by Crippen LogP contribution is 2.30. The molecule has 26 heavy (non-hydrogen) atoms. The summed E-state index contributed by atoms with van der Waals surface area (Å²) in [6.45, 7) is 2.53. The van der Waals surface area contributed by atoms with Crippen LogP contribution in [0.2, 0.25) is 0 Å². The molecule has 0 radical (unpaired) electrons. The fraction of sp³-hybridized carbons (Fsp3) is 0.409. The van der Waals surface area contributed by atoms with Crippen LogP contribution in [0.1, 0.15) is 30.0 Å². The van der Waals surface area contributed by atoms with E-state index in [1.807, 2.05) is 48.3 Å². The lowest BCUT2D eigenvalue weighted by atomic mass is 9.97. The van der Waals surface area contributed by atoms with Gasteiger partial charge in [0.15, 0.2) is 0 Å². The van der Waals surface area contributed by atoms with Gasteiger partial charge in [-0.1, -0.05) is 60.7 Å². The molecule has 2 aromatic rings. The van der Waals surface area contributed by atoms with Gasteiger partial charge in [-0.05, 0) is 24.0 Å². The van der Waals surface area contributed by atoms with Crippen molar-refractivity contribution in [2.24, 2.45) is 0 Å². The van der Waals surface area contributed by atoms with Gasteiger partial charge in [-0.15, -0.1) is 0 Å². The summed E-state index contributed by atoms with van der Waals surface area (Å²) in [4.78, 5) is 17.5. The van der Waals surface area contributed by atoms with Crippen molar-refractivity contribution in [3.8, 4) is 0 Å². The van der Waals surface area contributed by atoms with E-state index in [2.05, 4.69) is 34.5 Å². The van der Waals surface area contributed by atoms with Crippen LogP contribution in [0.25, 0.3) is 0 Å². The van der Waals surface area contributed by atoms with Crippen molar-refractivity contribution in [3.05, 3.63) is 71.8 Å². The van der Waals surface area contributed by atoms with E-state index in [1.54, 1.807) is 0 Å². The molecule has 2 aliphatic rings. The van der Waals surface area contributed by atoms with E-state index in [4.69, 9.17) is 0 Å². The van der Waals surface area contributed by atoms with Crippen molar-refractivity contribution >= 4 is 5.91 Å². The van der Waals surface area contributed by atoms with Crippen LogP contribution < -0.4 is 5.32 Å². The van der Waals surface area contributed by atoms with Crippen LogP contribution in [0, 0.1) is 0 Å². The maximum atomic E-state index is 13.2. The topological polar surface area (TPSA) is 35.6 Å². The first-order valence-electron chi connectivity index (χ1n) is 9.56. The molecule has 0 aliphatic carbocycles. The van der Waals surface area contributed by atoms with Gasteiger partial charge in [0, 0.05) is 32.2 Å². The average molecular weight is 349 g/mol. The number of amides is 1. The minimum Gasteiger partial charge on any atom is -0.334 e. The molecule has 2 heterocycles. The quantitative estimate of drug-likeness (QED) is 0.901. The second-order valence-electron chi connectivity index (χ2n) is 7.44. The molecule has 0 saturated carbocycles. The van der Waals surface area contributed by atoms with Gasteiger partial charge in [0.25, 0.3) is 0 Å². The van der Waals surface area contributed by atoms with Crippen molar-refractivity contribution in [1.29, 1.82) is 0 Å². The summed E-state index contributed by atoms with van der Waals surface area (Å²) in [5, 5.41) is 3.49. The lowest BCUT2D eigenvalue weighted by Gasteiger charge is -2.37. The Labute approximate surface area is 155 Å².